The van der Waals surface area contributed by atoms with Crippen molar-refractivity contribution in [2.24, 2.45) is 5.92 Å². The van der Waals surface area contributed by atoms with E-state index >= 15 is 0 Å². The number of carbonyl (C=O) groups is 1. The molecule has 1 heterocycles. The molecule has 92 valence electrons. The predicted molar refractivity (Wildman–Crippen MR) is 70.2 cm³/mol. The van der Waals surface area contributed by atoms with Gasteiger partial charge in [0.05, 0.1) is 0 Å². The van der Waals surface area contributed by atoms with Crippen molar-refractivity contribution in [2.45, 2.75) is 26.8 Å². The van der Waals surface area contributed by atoms with E-state index in [4.69, 9.17) is 11.6 Å². The predicted octanol–water partition coefficient (Wildman–Crippen LogP) is 2.89. The fourth-order valence-corrected chi connectivity index (χ4v) is 2.61. The van der Waals surface area contributed by atoms with Crippen LogP contribution in [0.2, 0.25) is 0 Å². The number of rotatable bonds is 3. The zero-order valence-electron chi connectivity index (χ0n) is 10.4. The highest BCUT2D eigenvalue weighted by atomic mass is 35.5. The van der Waals surface area contributed by atoms with Crippen LogP contribution in [0.3, 0.4) is 0 Å². The zero-order chi connectivity index (χ0) is 12.4. The van der Waals surface area contributed by atoms with Gasteiger partial charge in [0, 0.05) is 25.4 Å². The van der Waals surface area contributed by atoms with Gasteiger partial charge in [-0.05, 0) is 36.5 Å². The molecule has 1 aliphatic heterocycles. The molecule has 2 rings (SSSR count). The Hall–Kier alpha value is -1.02. The molecule has 0 spiro atoms. The van der Waals surface area contributed by atoms with Crippen LogP contribution in [0.15, 0.2) is 18.2 Å². The lowest BCUT2D eigenvalue weighted by Crippen LogP contribution is -2.25. The molecule has 3 heteroatoms. The monoisotopic (exact) mass is 251 g/mol. The Bertz CT molecular complexity index is 410. The van der Waals surface area contributed by atoms with Gasteiger partial charge in [0.2, 0.25) is 5.91 Å². The van der Waals surface area contributed by atoms with Crippen LogP contribution in [0.25, 0.3) is 0 Å². The van der Waals surface area contributed by atoms with E-state index in [0.717, 1.165) is 13.1 Å². The van der Waals surface area contributed by atoms with E-state index < -0.39 is 0 Å². The first kappa shape index (κ1) is 12.4. The number of benzene rings is 1. The van der Waals surface area contributed by atoms with Gasteiger partial charge in [-0.2, -0.15) is 0 Å². The first-order chi connectivity index (χ1) is 8.11. The van der Waals surface area contributed by atoms with Gasteiger partial charge in [0.1, 0.15) is 0 Å². The smallest absolute Gasteiger partial charge is 0.223 e. The summed E-state index contributed by atoms with van der Waals surface area (Å²) in [5, 5.41) is 0. The van der Waals surface area contributed by atoms with E-state index in [0.29, 0.717) is 18.2 Å². The van der Waals surface area contributed by atoms with Crippen LogP contribution >= 0.6 is 11.6 Å². The maximum Gasteiger partial charge on any atom is 0.223 e. The van der Waals surface area contributed by atoms with Crippen LogP contribution in [-0.2, 0) is 11.3 Å². The van der Waals surface area contributed by atoms with Gasteiger partial charge in [0.15, 0.2) is 0 Å². The highest BCUT2D eigenvalue weighted by molar-refractivity contribution is 6.18. The number of aryl methyl sites for hydroxylation is 2. The number of likely N-dealkylation sites (tertiary alicyclic amines) is 1. The van der Waals surface area contributed by atoms with Crippen LogP contribution in [0, 0.1) is 19.8 Å². The molecule has 0 aliphatic carbocycles. The van der Waals surface area contributed by atoms with Gasteiger partial charge < -0.3 is 4.90 Å². The highest BCUT2D eigenvalue weighted by Crippen LogP contribution is 2.23. The summed E-state index contributed by atoms with van der Waals surface area (Å²) in [6.45, 7) is 5.73. The Morgan fingerprint density at radius 3 is 2.53 bits per heavy atom. The maximum absolute atomic E-state index is 11.8. The van der Waals surface area contributed by atoms with E-state index in [1.165, 1.54) is 16.7 Å². The number of nitrogens with zero attached hydrogens (tertiary/aromatic N) is 1. The van der Waals surface area contributed by atoms with E-state index in [2.05, 4.69) is 32.0 Å². The summed E-state index contributed by atoms with van der Waals surface area (Å²) in [6, 6.07) is 6.26. The van der Waals surface area contributed by atoms with E-state index in [-0.39, 0.29) is 5.91 Å². The van der Waals surface area contributed by atoms with Crippen LogP contribution in [-0.4, -0.2) is 23.2 Å². The third-order valence-electron chi connectivity index (χ3n) is 3.51. The Balaban J connectivity index is 2.14. The van der Waals surface area contributed by atoms with E-state index in [1.807, 2.05) is 4.90 Å². The molecular formula is C14H18ClNO. The average Bonchev–Trinajstić information content (AvgIpc) is 2.65. The molecule has 17 heavy (non-hydrogen) atoms. The molecule has 1 saturated heterocycles. The lowest BCUT2D eigenvalue weighted by atomic mass is 10.0. The summed E-state index contributed by atoms with van der Waals surface area (Å²) in [4.78, 5) is 13.8. The first-order valence-electron chi connectivity index (χ1n) is 6.00. The molecule has 1 amide bonds. The zero-order valence-corrected chi connectivity index (χ0v) is 11.1. The average molecular weight is 252 g/mol. The minimum absolute atomic E-state index is 0.235. The van der Waals surface area contributed by atoms with Crippen LogP contribution in [0.1, 0.15) is 23.1 Å². The van der Waals surface area contributed by atoms with Crippen molar-refractivity contribution in [1.82, 2.24) is 4.90 Å². The molecule has 1 aromatic rings. The van der Waals surface area contributed by atoms with Gasteiger partial charge in [-0.25, -0.2) is 0 Å². The quantitative estimate of drug-likeness (QED) is 0.757. The van der Waals surface area contributed by atoms with Gasteiger partial charge in [-0.3, -0.25) is 4.79 Å². The standard InChI is InChI=1S/C14H18ClNO/c1-10-4-3-5-11(2)13(10)9-16-8-12(7-15)6-14(16)17/h3-5,12H,6-9H2,1-2H3. The van der Waals surface area contributed by atoms with Crippen molar-refractivity contribution in [2.75, 3.05) is 12.4 Å². The minimum Gasteiger partial charge on any atom is -0.338 e. The van der Waals surface area contributed by atoms with Gasteiger partial charge >= 0.3 is 0 Å². The Labute approximate surface area is 108 Å². The molecule has 0 aromatic heterocycles. The second kappa shape index (κ2) is 5.09. The normalized spacial score (nSPS) is 20.1. The molecular weight excluding hydrogens is 234 g/mol. The van der Waals surface area contributed by atoms with Crippen molar-refractivity contribution in [3.63, 3.8) is 0 Å². The molecule has 1 unspecified atom stereocenters. The van der Waals surface area contributed by atoms with Crippen molar-refractivity contribution >= 4 is 17.5 Å². The Morgan fingerprint density at radius 2 is 2.00 bits per heavy atom. The van der Waals surface area contributed by atoms with Crippen molar-refractivity contribution in [3.05, 3.63) is 34.9 Å². The van der Waals surface area contributed by atoms with Crippen LogP contribution < -0.4 is 0 Å². The lowest BCUT2D eigenvalue weighted by Gasteiger charge is -2.19. The summed E-state index contributed by atoms with van der Waals surface area (Å²) in [6.07, 6.45) is 0.606. The number of hydrogen-bond acceptors (Lipinski definition) is 1. The third kappa shape index (κ3) is 2.63. The van der Waals surface area contributed by atoms with Crippen molar-refractivity contribution in [3.8, 4) is 0 Å². The number of carbonyl (C=O) groups excluding carboxylic acids is 1. The minimum atomic E-state index is 0.235. The molecule has 1 aliphatic rings. The largest absolute Gasteiger partial charge is 0.338 e. The first-order valence-corrected chi connectivity index (χ1v) is 6.54. The highest BCUT2D eigenvalue weighted by Gasteiger charge is 2.29. The molecule has 1 aromatic carbocycles. The summed E-state index contributed by atoms with van der Waals surface area (Å²) < 4.78 is 0. The Kier molecular flexibility index (Phi) is 3.72. The van der Waals surface area contributed by atoms with Crippen molar-refractivity contribution < 1.29 is 4.79 Å². The van der Waals surface area contributed by atoms with Gasteiger partial charge in [0.25, 0.3) is 0 Å². The Morgan fingerprint density at radius 1 is 1.35 bits per heavy atom. The lowest BCUT2D eigenvalue weighted by molar-refractivity contribution is -0.128. The van der Waals surface area contributed by atoms with Gasteiger partial charge in [-0.1, -0.05) is 18.2 Å². The molecule has 1 fully saturated rings. The molecule has 0 bridgehead atoms. The topological polar surface area (TPSA) is 20.3 Å². The SMILES string of the molecule is Cc1cccc(C)c1CN1CC(CCl)CC1=O. The number of halogens is 1. The van der Waals surface area contributed by atoms with Crippen molar-refractivity contribution in [1.29, 1.82) is 0 Å². The molecule has 0 saturated carbocycles. The van der Waals surface area contributed by atoms with Crippen LogP contribution in [0.4, 0.5) is 0 Å². The number of hydrogen-bond donors (Lipinski definition) is 0. The van der Waals surface area contributed by atoms with E-state index in [9.17, 15) is 4.79 Å². The fraction of sp³-hybridized carbons (Fsp3) is 0.500. The number of alkyl halides is 1. The molecule has 2 nitrogen and oxygen atoms in total. The summed E-state index contributed by atoms with van der Waals surface area (Å²) in [7, 11) is 0. The second-order valence-corrected chi connectivity index (χ2v) is 5.18. The molecule has 0 N–H and O–H groups in total. The second-order valence-electron chi connectivity index (χ2n) is 4.87. The third-order valence-corrected chi connectivity index (χ3v) is 3.94. The van der Waals surface area contributed by atoms with Gasteiger partial charge in [-0.15, -0.1) is 11.6 Å². The summed E-state index contributed by atoms with van der Waals surface area (Å²) in [5.41, 5.74) is 3.79. The fourth-order valence-electron chi connectivity index (χ4n) is 2.40. The molecule has 1 atom stereocenters. The summed E-state index contributed by atoms with van der Waals surface area (Å²) >= 11 is 5.83. The summed E-state index contributed by atoms with van der Waals surface area (Å²) in [5.74, 6) is 1.14. The van der Waals surface area contributed by atoms with Crippen LogP contribution in [0.5, 0.6) is 0 Å². The maximum atomic E-state index is 11.8. The number of amides is 1. The van der Waals surface area contributed by atoms with E-state index in [1.54, 1.807) is 0 Å². The molecule has 0 radical (unpaired) electrons.